The third-order valence-electron chi connectivity index (χ3n) is 3.52. The monoisotopic (exact) mass is 236 g/mol. The predicted octanol–water partition coefficient (Wildman–Crippen LogP) is 2.55. The number of hydrogen-bond donors (Lipinski definition) is 1. The zero-order valence-corrected chi connectivity index (χ0v) is 11.2. The molecule has 3 heteroatoms. The summed E-state index contributed by atoms with van der Waals surface area (Å²) < 4.78 is 5.62. The summed E-state index contributed by atoms with van der Waals surface area (Å²) in [5.74, 6) is 2.06. The predicted molar refractivity (Wildman–Crippen MR) is 70.0 cm³/mol. The Labute approximate surface area is 104 Å². The van der Waals surface area contributed by atoms with Gasteiger partial charge in [0.2, 0.25) is 0 Å². The number of nitrogens with zero attached hydrogens (tertiary/aromatic N) is 1. The Morgan fingerprint density at radius 1 is 1.47 bits per heavy atom. The number of aryl methyl sites for hydroxylation is 1. The molecule has 0 aromatic carbocycles. The highest BCUT2D eigenvalue weighted by atomic mass is 16.3. The van der Waals surface area contributed by atoms with Gasteiger partial charge in [-0.1, -0.05) is 6.92 Å². The first-order valence-corrected chi connectivity index (χ1v) is 6.68. The maximum atomic E-state index is 5.62. The lowest BCUT2D eigenvalue weighted by Crippen LogP contribution is -2.39. The molecular formula is C14H24N2O. The molecule has 1 saturated carbocycles. The molecule has 1 aromatic rings. The van der Waals surface area contributed by atoms with Crippen LogP contribution in [0.5, 0.6) is 0 Å². The zero-order chi connectivity index (χ0) is 12.3. The Hall–Kier alpha value is -0.800. The van der Waals surface area contributed by atoms with Crippen molar-refractivity contribution < 1.29 is 4.42 Å². The highest BCUT2D eigenvalue weighted by Crippen LogP contribution is 2.19. The molecule has 0 spiro atoms. The molecule has 96 valence electrons. The lowest BCUT2D eigenvalue weighted by Gasteiger charge is -2.26. The number of rotatable bonds is 7. The molecule has 0 radical (unpaired) electrons. The first-order valence-electron chi connectivity index (χ1n) is 6.68. The lowest BCUT2D eigenvalue weighted by molar-refractivity contribution is 0.204. The molecule has 0 bridgehead atoms. The van der Waals surface area contributed by atoms with Gasteiger partial charge in [0.05, 0.1) is 6.54 Å². The van der Waals surface area contributed by atoms with Crippen molar-refractivity contribution in [2.45, 2.75) is 51.7 Å². The standard InChI is InChI=1S/C14H24N2O/c1-4-13(9-15-12-6-7-12)16(3)10-14-8-5-11(2)17-14/h5,8,12-13,15H,4,6-7,9-10H2,1-3H3. The third-order valence-corrected chi connectivity index (χ3v) is 3.52. The molecule has 1 fully saturated rings. The van der Waals surface area contributed by atoms with Crippen LogP contribution in [0.25, 0.3) is 0 Å². The van der Waals surface area contributed by atoms with Crippen LogP contribution in [-0.2, 0) is 6.54 Å². The van der Waals surface area contributed by atoms with E-state index < -0.39 is 0 Å². The van der Waals surface area contributed by atoms with Gasteiger partial charge in [-0.05, 0) is 45.4 Å². The van der Waals surface area contributed by atoms with Crippen LogP contribution in [0.3, 0.4) is 0 Å². The summed E-state index contributed by atoms with van der Waals surface area (Å²) in [6.45, 7) is 6.24. The quantitative estimate of drug-likeness (QED) is 0.788. The van der Waals surface area contributed by atoms with Gasteiger partial charge in [-0.25, -0.2) is 0 Å². The zero-order valence-electron chi connectivity index (χ0n) is 11.2. The second kappa shape index (κ2) is 5.69. The summed E-state index contributed by atoms with van der Waals surface area (Å²) in [6.07, 6.45) is 3.89. The van der Waals surface area contributed by atoms with Crippen LogP contribution in [0.1, 0.15) is 37.7 Å². The van der Waals surface area contributed by atoms with Crippen molar-refractivity contribution in [2.75, 3.05) is 13.6 Å². The molecule has 1 aliphatic carbocycles. The van der Waals surface area contributed by atoms with Crippen molar-refractivity contribution in [2.24, 2.45) is 0 Å². The normalized spacial score (nSPS) is 17.6. The molecule has 1 N–H and O–H groups in total. The Balaban J connectivity index is 1.80. The minimum Gasteiger partial charge on any atom is -0.465 e. The van der Waals surface area contributed by atoms with Crippen molar-refractivity contribution in [3.8, 4) is 0 Å². The molecule has 1 aliphatic rings. The van der Waals surface area contributed by atoms with E-state index in [1.165, 1.54) is 19.3 Å². The topological polar surface area (TPSA) is 28.4 Å². The fraction of sp³-hybridized carbons (Fsp3) is 0.714. The van der Waals surface area contributed by atoms with E-state index in [0.717, 1.165) is 30.7 Å². The van der Waals surface area contributed by atoms with E-state index in [0.29, 0.717) is 6.04 Å². The van der Waals surface area contributed by atoms with Crippen molar-refractivity contribution in [1.82, 2.24) is 10.2 Å². The Morgan fingerprint density at radius 2 is 2.24 bits per heavy atom. The summed E-state index contributed by atoms with van der Waals surface area (Å²) in [6, 6.07) is 5.50. The van der Waals surface area contributed by atoms with Gasteiger partial charge >= 0.3 is 0 Å². The minimum absolute atomic E-state index is 0.598. The molecule has 3 nitrogen and oxygen atoms in total. The number of furan rings is 1. The van der Waals surface area contributed by atoms with E-state index in [4.69, 9.17) is 4.42 Å². The van der Waals surface area contributed by atoms with E-state index in [-0.39, 0.29) is 0 Å². The third kappa shape index (κ3) is 3.86. The van der Waals surface area contributed by atoms with Crippen LogP contribution in [0.2, 0.25) is 0 Å². The summed E-state index contributed by atoms with van der Waals surface area (Å²) in [5.41, 5.74) is 0. The van der Waals surface area contributed by atoms with Crippen LogP contribution < -0.4 is 5.32 Å². The molecule has 0 saturated heterocycles. The molecule has 1 heterocycles. The molecule has 1 aromatic heterocycles. The van der Waals surface area contributed by atoms with Crippen LogP contribution >= 0.6 is 0 Å². The maximum absolute atomic E-state index is 5.62. The van der Waals surface area contributed by atoms with E-state index >= 15 is 0 Å². The van der Waals surface area contributed by atoms with E-state index in [1.54, 1.807) is 0 Å². The van der Waals surface area contributed by atoms with Crippen LogP contribution in [-0.4, -0.2) is 30.6 Å². The average Bonchev–Trinajstić information content (AvgIpc) is 3.03. The average molecular weight is 236 g/mol. The van der Waals surface area contributed by atoms with Gasteiger partial charge in [-0.15, -0.1) is 0 Å². The van der Waals surface area contributed by atoms with Gasteiger partial charge in [-0.2, -0.15) is 0 Å². The van der Waals surface area contributed by atoms with Crippen molar-refractivity contribution >= 4 is 0 Å². The van der Waals surface area contributed by atoms with Gasteiger partial charge in [0.15, 0.2) is 0 Å². The number of likely N-dealkylation sites (N-methyl/N-ethyl adjacent to an activating group) is 1. The lowest BCUT2D eigenvalue weighted by atomic mass is 10.2. The first-order chi connectivity index (χ1) is 8.19. The highest BCUT2D eigenvalue weighted by Gasteiger charge is 2.22. The molecule has 1 unspecified atom stereocenters. The second-order valence-corrected chi connectivity index (χ2v) is 5.17. The van der Waals surface area contributed by atoms with Gasteiger partial charge in [0.25, 0.3) is 0 Å². The molecule has 2 rings (SSSR count). The van der Waals surface area contributed by atoms with Gasteiger partial charge in [-0.3, -0.25) is 4.90 Å². The SMILES string of the molecule is CCC(CNC1CC1)N(C)Cc1ccc(C)o1. The van der Waals surface area contributed by atoms with Gasteiger partial charge < -0.3 is 9.73 Å². The largest absolute Gasteiger partial charge is 0.465 e. The van der Waals surface area contributed by atoms with Crippen molar-refractivity contribution in [3.05, 3.63) is 23.7 Å². The Morgan fingerprint density at radius 3 is 2.76 bits per heavy atom. The molecule has 0 aliphatic heterocycles. The second-order valence-electron chi connectivity index (χ2n) is 5.17. The molecule has 0 amide bonds. The highest BCUT2D eigenvalue weighted by molar-refractivity contribution is 5.05. The van der Waals surface area contributed by atoms with Crippen molar-refractivity contribution in [3.63, 3.8) is 0 Å². The molecule has 17 heavy (non-hydrogen) atoms. The van der Waals surface area contributed by atoms with Gasteiger partial charge in [0, 0.05) is 18.6 Å². The van der Waals surface area contributed by atoms with E-state index in [1.807, 2.05) is 13.0 Å². The maximum Gasteiger partial charge on any atom is 0.118 e. The summed E-state index contributed by atoms with van der Waals surface area (Å²) >= 11 is 0. The smallest absolute Gasteiger partial charge is 0.118 e. The van der Waals surface area contributed by atoms with Gasteiger partial charge in [0.1, 0.15) is 11.5 Å². The van der Waals surface area contributed by atoms with E-state index in [2.05, 4.69) is 30.3 Å². The molecule has 1 atom stereocenters. The summed E-state index contributed by atoms with van der Waals surface area (Å²) in [5, 5.41) is 3.61. The number of nitrogens with one attached hydrogen (secondary N) is 1. The minimum atomic E-state index is 0.598. The number of hydrogen-bond acceptors (Lipinski definition) is 3. The first kappa shape index (κ1) is 12.7. The van der Waals surface area contributed by atoms with Crippen LogP contribution in [0.4, 0.5) is 0 Å². The van der Waals surface area contributed by atoms with Crippen LogP contribution in [0.15, 0.2) is 16.5 Å². The fourth-order valence-electron chi connectivity index (χ4n) is 2.15. The fourth-order valence-corrected chi connectivity index (χ4v) is 2.15. The van der Waals surface area contributed by atoms with Crippen LogP contribution in [0, 0.1) is 6.92 Å². The Kier molecular flexibility index (Phi) is 4.24. The Bertz CT molecular complexity index is 344. The summed E-state index contributed by atoms with van der Waals surface area (Å²) in [4.78, 5) is 2.38. The summed E-state index contributed by atoms with van der Waals surface area (Å²) in [7, 11) is 2.18. The van der Waals surface area contributed by atoms with E-state index in [9.17, 15) is 0 Å². The van der Waals surface area contributed by atoms with Crippen molar-refractivity contribution in [1.29, 1.82) is 0 Å². The molecular weight excluding hydrogens is 212 g/mol.